The normalized spacial score (nSPS) is 10.1. The number of rotatable bonds is 3. The van der Waals surface area contributed by atoms with Crippen molar-refractivity contribution in [2.24, 2.45) is 0 Å². The van der Waals surface area contributed by atoms with Crippen LogP contribution in [0.1, 0.15) is 29.2 Å². The van der Waals surface area contributed by atoms with Crippen molar-refractivity contribution in [1.82, 2.24) is 0 Å². The smallest absolute Gasteiger partial charge is 0.122 e. The Morgan fingerprint density at radius 3 is 2.14 bits per heavy atom. The predicted molar refractivity (Wildman–Crippen MR) is 94.3 cm³/mol. The van der Waals surface area contributed by atoms with Crippen LogP contribution in [0.15, 0.2) is 55.1 Å². The third kappa shape index (κ3) is 5.49. The summed E-state index contributed by atoms with van der Waals surface area (Å²) in [6.45, 7) is 9.56. The molecule has 0 aromatic heterocycles. The van der Waals surface area contributed by atoms with E-state index < -0.39 is 0 Å². The maximum atomic E-state index is 9.32. The van der Waals surface area contributed by atoms with Gasteiger partial charge in [-0.05, 0) is 51.0 Å². The van der Waals surface area contributed by atoms with E-state index in [1.807, 2.05) is 57.2 Å². The van der Waals surface area contributed by atoms with Crippen molar-refractivity contribution >= 4 is 6.08 Å². The second-order valence-electron chi connectivity index (χ2n) is 5.19. The molecule has 0 saturated heterocycles. The minimum Gasteiger partial charge on any atom is -0.508 e. The van der Waals surface area contributed by atoms with Crippen molar-refractivity contribution < 1.29 is 10.2 Å². The summed E-state index contributed by atoms with van der Waals surface area (Å²) in [5.41, 5.74) is 4.16. The highest BCUT2D eigenvalue weighted by atomic mass is 16.3. The molecule has 2 aromatic rings. The molecule has 2 heteroatoms. The molecule has 22 heavy (non-hydrogen) atoms. The number of phenolic OH excluding ortho intramolecular Hbond substituents is 2. The standard InChI is InChI=1S/2C10H12O/c2*1-3-4-9-7-8(2)5-6-10(9)11/h3-7,11H,1-2H3;3,5-7,11H,1,4H2,2H3. The summed E-state index contributed by atoms with van der Waals surface area (Å²) in [5.74, 6) is 0.698. The molecule has 116 valence electrons. The number of aryl methyl sites for hydroxylation is 2. The highest BCUT2D eigenvalue weighted by Crippen LogP contribution is 2.19. The van der Waals surface area contributed by atoms with Crippen LogP contribution in [-0.2, 0) is 6.42 Å². The summed E-state index contributed by atoms with van der Waals surface area (Å²) in [6.07, 6.45) is 6.32. The van der Waals surface area contributed by atoms with Gasteiger partial charge in [-0.15, -0.1) is 6.58 Å². The van der Waals surface area contributed by atoms with Gasteiger partial charge in [0.05, 0.1) is 0 Å². The van der Waals surface area contributed by atoms with E-state index in [9.17, 15) is 10.2 Å². The fourth-order valence-electron chi connectivity index (χ4n) is 2.02. The Hall–Kier alpha value is -2.48. The Morgan fingerprint density at radius 1 is 0.955 bits per heavy atom. The van der Waals surface area contributed by atoms with E-state index in [4.69, 9.17) is 0 Å². The van der Waals surface area contributed by atoms with Gasteiger partial charge in [0.15, 0.2) is 0 Å². The lowest BCUT2D eigenvalue weighted by Gasteiger charge is -2.01. The van der Waals surface area contributed by atoms with Crippen LogP contribution in [0.3, 0.4) is 0 Å². The van der Waals surface area contributed by atoms with Crippen LogP contribution >= 0.6 is 0 Å². The number of aromatic hydroxyl groups is 2. The van der Waals surface area contributed by atoms with E-state index in [-0.39, 0.29) is 0 Å². The summed E-state index contributed by atoms with van der Waals surface area (Å²) in [5, 5.41) is 18.6. The third-order valence-corrected chi connectivity index (χ3v) is 3.13. The van der Waals surface area contributed by atoms with E-state index in [0.29, 0.717) is 11.5 Å². The fraction of sp³-hybridized carbons (Fsp3) is 0.200. The second kappa shape index (κ2) is 8.73. The quantitative estimate of drug-likeness (QED) is 0.768. The second-order valence-corrected chi connectivity index (χ2v) is 5.19. The molecule has 0 spiro atoms. The van der Waals surface area contributed by atoms with Crippen molar-refractivity contribution in [2.75, 3.05) is 0 Å². The summed E-state index contributed by atoms with van der Waals surface area (Å²) in [4.78, 5) is 0. The molecule has 0 aliphatic carbocycles. The number of phenols is 2. The van der Waals surface area contributed by atoms with E-state index in [2.05, 4.69) is 6.58 Å². The van der Waals surface area contributed by atoms with Crippen LogP contribution in [0.5, 0.6) is 11.5 Å². The van der Waals surface area contributed by atoms with Crippen LogP contribution in [0.25, 0.3) is 6.08 Å². The van der Waals surface area contributed by atoms with Crippen LogP contribution in [0.4, 0.5) is 0 Å². The molecule has 0 aliphatic heterocycles. The predicted octanol–water partition coefficient (Wildman–Crippen LogP) is 5.16. The Balaban J connectivity index is 0.000000220. The van der Waals surface area contributed by atoms with Gasteiger partial charge >= 0.3 is 0 Å². The van der Waals surface area contributed by atoms with Crippen LogP contribution < -0.4 is 0 Å². The van der Waals surface area contributed by atoms with Crippen LogP contribution in [0.2, 0.25) is 0 Å². The number of hydrogen-bond acceptors (Lipinski definition) is 2. The average Bonchev–Trinajstić information content (AvgIpc) is 2.48. The Bertz CT molecular complexity index is 655. The first-order valence-electron chi connectivity index (χ1n) is 7.29. The summed E-state index contributed by atoms with van der Waals surface area (Å²) in [7, 11) is 0. The maximum absolute atomic E-state index is 9.32. The Kier molecular flexibility index (Phi) is 6.97. The Morgan fingerprint density at radius 2 is 1.55 bits per heavy atom. The minimum atomic E-state index is 0.341. The number of allylic oxidation sites excluding steroid dienone is 2. The van der Waals surface area contributed by atoms with Gasteiger partial charge in [-0.2, -0.15) is 0 Å². The lowest BCUT2D eigenvalue weighted by Crippen LogP contribution is -1.83. The third-order valence-electron chi connectivity index (χ3n) is 3.13. The maximum Gasteiger partial charge on any atom is 0.122 e. The SMILES string of the molecule is C=CCc1cc(C)ccc1O.CC=Cc1cc(C)ccc1O. The molecule has 2 aromatic carbocycles. The molecule has 0 bridgehead atoms. The van der Waals surface area contributed by atoms with E-state index >= 15 is 0 Å². The van der Waals surface area contributed by atoms with Gasteiger partial charge in [0, 0.05) is 5.56 Å². The van der Waals surface area contributed by atoms with Gasteiger partial charge in [-0.1, -0.05) is 47.6 Å². The number of benzene rings is 2. The summed E-state index contributed by atoms with van der Waals surface area (Å²) < 4.78 is 0. The van der Waals surface area contributed by atoms with Crippen molar-refractivity contribution in [2.45, 2.75) is 27.2 Å². The molecular weight excluding hydrogens is 272 g/mol. The Labute approximate surface area is 133 Å². The zero-order chi connectivity index (χ0) is 16.5. The molecule has 2 rings (SSSR count). The molecule has 2 N–H and O–H groups in total. The molecule has 0 radical (unpaired) electrons. The van der Waals surface area contributed by atoms with Gasteiger partial charge in [0.1, 0.15) is 11.5 Å². The van der Waals surface area contributed by atoms with Gasteiger partial charge < -0.3 is 10.2 Å². The minimum absolute atomic E-state index is 0.341. The number of hydrogen-bond donors (Lipinski definition) is 2. The van der Waals surface area contributed by atoms with Crippen molar-refractivity contribution in [3.05, 3.63) is 77.4 Å². The lowest BCUT2D eigenvalue weighted by molar-refractivity contribution is 0.469. The highest BCUT2D eigenvalue weighted by Gasteiger charge is 1.97. The van der Waals surface area contributed by atoms with Gasteiger partial charge in [0.25, 0.3) is 0 Å². The van der Waals surface area contributed by atoms with Crippen molar-refractivity contribution in [3.63, 3.8) is 0 Å². The highest BCUT2D eigenvalue weighted by molar-refractivity contribution is 5.57. The zero-order valence-corrected chi connectivity index (χ0v) is 13.5. The first-order chi connectivity index (χ1) is 10.5. The summed E-state index contributed by atoms with van der Waals surface area (Å²) in [6, 6.07) is 11.1. The molecule has 0 heterocycles. The largest absolute Gasteiger partial charge is 0.508 e. The molecule has 0 unspecified atom stereocenters. The first kappa shape index (κ1) is 17.6. The first-order valence-corrected chi connectivity index (χ1v) is 7.29. The molecule has 0 amide bonds. The van der Waals surface area contributed by atoms with Crippen LogP contribution in [-0.4, -0.2) is 10.2 Å². The monoisotopic (exact) mass is 296 g/mol. The molecular formula is C20H24O2. The summed E-state index contributed by atoms with van der Waals surface area (Å²) >= 11 is 0. The van der Waals surface area contributed by atoms with Gasteiger partial charge in [-0.3, -0.25) is 0 Å². The van der Waals surface area contributed by atoms with Crippen molar-refractivity contribution in [1.29, 1.82) is 0 Å². The van der Waals surface area contributed by atoms with Crippen LogP contribution in [0, 0.1) is 13.8 Å². The van der Waals surface area contributed by atoms with Gasteiger partial charge in [0.2, 0.25) is 0 Å². The molecule has 2 nitrogen and oxygen atoms in total. The van der Waals surface area contributed by atoms with E-state index in [0.717, 1.165) is 23.1 Å². The average molecular weight is 296 g/mol. The van der Waals surface area contributed by atoms with E-state index in [1.165, 1.54) is 5.56 Å². The van der Waals surface area contributed by atoms with E-state index in [1.54, 1.807) is 18.2 Å². The molecule has 0 saturated carbocycles. The van der Waals surface area contributed by atoms with Gasteiger partial charge in [-0.25, -0.2) is 0 Å². The molecule has 0 aliphatic rings. The molecule has 0 fully saturated rings. The topological polar surface area (TPSA) is 40.5 Å². The fourth-order valence-corrected chi connectivity index (χ4v) is 2.02. The lowest BCUT2D eigenvalue weighted by atomic mass is 10.1. The molecule has 0 atom stereocenters. The van der Waals surface area contributed by atoms with Crippen molar-refractivity contribution in [3.8, 4) is 11.5 Å². The zero-order valence-electron chi connectivity index (χ0n) is 13.5.